The van der Waals surface area contributed by atoms with Crippen LogP contribution in [0.15, 0.2) is 60.6 Å². The molecule has 25 heavy (non-hydrogen) atoms. The van der Waals surface area contributed by atoms with Crippen molar-refractivity contribution in [2.75, 3.05) is 20.1 Å². The number of aliphatic hydroxyl groups excluding tert-OH is 1. The molecule has 0 spiro atoms. The second-order valence-corrected chi connectivity index (χ2v) is 6.12. The van der Waals surface area contributed by atoms with Crippen LogP contribution in [0.2, 0.25) is 0 Å². The van der Waals surface area contributed by atoms with E-state index < -0.39 is 6.10 Å². The molecule has 5 heteroatoms. The smallest absolute Gasteiger partial charge is 0.122 e. The lowest BCUT2D eigenvalue weighted by Gasteiger charge is -2.37. The Morgan fingerprint density at radius 1 is 1.40 bits per heavy atom. The first-order valence-electron chi connectivity index (χ1n) is 8.64. The molecule has 1 rings (SSSR count). The Bertz CT molecular complexity index is 551. The van der Waals surface area contributed by atoms with Crippen LogP contribution in [0.1, 0.15) is 13.8 Å². The first kappa shape index (κ1) is 21.1. The maximum Gasteiger partial charge on any atom is 0.122 e. The van der Waals surface area contributed by atoms with Crippen LogP contribution in [0.5, 0.6) is 0 Å². The van der Waals surface area contributed by atoms with Gasteiger partial charge in [0.2, 0.25) is 0 Å². The van der Waals surface area contributed by atoms with E-state index in [4.69, 9.17) is 5.41 Å². The number of aliphatic hydroxyl groups is 1. The summed E-state index contributed by atoms with van der Waals surface area (Å²) in [5.74, 6) is -0.231. The van der Waals surface area contributed by atoms with E-state index in [-0.39, 0.29) is 23.7 Å². The fourth-order valence-corrected chi connectivity index (χ4v) is 2.86. The van der Waals surface area contributed by atoms with Crippen molar-refractivity contribution >= 4 is 6.21 Å². The van der Waals surface area contributed by atoms with E-state index in [9.17, 15) is 9.50 Å². The highest BCUT2D eigenvalue weighted by atomic mass is 19.1. The Kier molecular flexibility index (Phi) is 9.73. The summed E-state index contributed by atoms with van der Waals surface area (Å²) in [6.45, 7) is 4.83. The van der Waals surface area contributed by atoms with Gasteiger partial charge in [0.25, 0.3) is 0 Å². The van der Waals surface area contributed by atoms with Gasteiger partial charge in [0.1, 0.15) is 5.83 Å². The van der Waals surface area contributed by atoms with Gasteiger partial charge in [-0.15, -0.1) is 0 Å². The fourth-order valence-electron chi connectivity index (χ4n) is 2.86. The lowest BCUT2D eigenvalue weighted by atomic mass is 9.92. The van der Waals surface area contributed by atoms with Crippen LogP contribution in [-0.4, -0.2) is 48.5 Å². The third kappa shape index (κ3) is 7.20. The zero-order valence-corrected chi connectivity index (χ0v) is 15.3. The molecule has 4 atom stereocenters. The van der Waals surface area contributed by atoms with Crippen LogP contribution in [0.25, 0.3) is 0 Å². The van der Waals surface area contributed by atoms with Gasteiger partial charge in [0, 0.05) is 18.7 Å². The van der Waals surface area contributed by atoms with Crippen LogP contribution in [0, 0.1) is 17.2 Å². The van der Waals surface area contributed by atoms with E-state index in [1.54, 1.807) is 19.2 Å². The molecule has 0 saturated carbocycles. The minimum absolute atomic E-state index is 0.172. The molecule has 1 aliphatic rings. The van der Waals surface area contributed by atoms with Crippen molar-refractivity contribution in [1.29, 1.82) is 5.41 Å². The van der Waals surface area contributed by atoms with E-state index in [0.29, 0.717) is 13.1 Å². The molecular weight excluding hydrogens is 317 g/mol. The van der Waals surface area contributed by atoms with Gasteiger partial charge in [-0.05, 0) is 38.2 Å². The van der Waals surface area contributed by atoms with Gasteiger partial charge < -0.3 is 20.7 Å². The number of allylic oxidation sites excluding steroid dienone is 7. The van der Waals surface area contributed by atoms with Crippen LogP contribution < -0.4 is 5.32 Å². The van der Waals surface area contributed by atoms with Gasteiger partial charge in [0.15, 0.2) is 0 Å². The highest BCUT2D eigenvalue weighted by molar-refractivity contribution is 5.56. The van der Waals surface area contributed by atoms with Gasteiger partial charge in [-0.3, -0.25) is 0 Å². The second-order valence-electron chi connectivity index (χ2n) is 6.12. The zero-order valence-electron chi connectivity index (χ0n) is 15.3. The molecule has 0 aromatic heterocycles. The third-order valence-electron chi connectivity index (χ3n) is 4.03. The quantitative estimate of drug-likeness (QED) is 0.420. The van der Waals surface area contributed by atoms with Gasteiger partial charge in [-0.25, -0.2) is 4.39 Å². The average Bonchev–Trinajstić information content (AvgIpc) is 2.78. The average molecular weight is 347 g/mol. The van der Waals surface area contributed by atoms with Crippen molar-refractivity contribution in [2.24, 2.45) is 11.8 Å². The normalized spacial score (nSPS) is 21.2. The van der Waals surface area contributed by atoms with Crippen LogP contribution in [0.4, 0.5) is 4.39 Å². The highest BCUT2D eigenvalue weighted by Gasteiger charge is 2.29. The van der Waals surface area contributed by atoms with Gasteiger partial charge in [0.05, 0.1) is 18.7 Å². The summed E-state index contributed by atoms with van der Waals surface area (Å²) in [6.07, 6.45) is 16.8. The number of nitrogens with zero attached hydrogens (tertiary/aromatic N) is 1. The summed E-state index contributed by atoms with van der Waals surface area (Å²) in [4.78, 5) is 1.94. The minimum Gasteiger partial charge on any atom is -0.390 e. The molecule has 0 radical (unpaired) electrons. The fraction of sp³-hybridized carbons (Fsp3) is 0.450. The lowest BCUT2D eigenvalue weighted by molar-refractivity contribution is 0.0683. The third-order valence-corrected chi connectivity index (χ3v) is 4.03. The molecule has 3 N–H and O–H groups in total. The van der Waals surface area contributed by atoms with Crippen molar-refractivity contribution < 1.29 is 9.50 Å². The van der Waals surface area contributed by atoms with E-state index in [1.807, 2.05) is 36.3 Å². The van der Waals surface area contributed by atoms with Gasteiger partial charge >= 0.3 is 0 Å². The van der Waals surface area contributed by atoms with E-state index in [1.165, 1.54) is 18.4 Å². The summed E-state index contributed by atoms with van der Waals surface area (Å²) in [5, 5.41) is 21.2. The topological polar surface area (TPSA) is 59.4 Å². The molecule has 0 amide bonds. The Morgan fingerprint density at radius 2 is 2.16 bits per heavy atom. The maximum atomic E-state index is 13.5. The standard InChI is InChI=1S/C20H30FN3O/c1-4-6-16(2)11-13-24(14-12-22)20(19(25)15-23-3)17-7-5-8-18(21)10-9-17/h4-13,16-17,19-20,22-23,25H,14-15H2,1-3H3/b6-4+,13-11-,22-12?/t16?,17-,19+,20?/m0/s1. The molecular formula is C20H30FN3O. The molecule has 0 saturated heterocycles. The summed E-state index contributed by atoms with van der Waals surface area (Å²) in [5.41, 5.74) is 0. The monoisotopic (exact) mass is 347 g/mol. The highest BCUT2D eigenvalue weighted by Crippen LogP contribution is 2.22. The van der Waals surface area contributed by atoms with E-state index in [2.05, 4.69) is 18.3 Å². The first-order chi connectivity index (χ1) is 12.0. The summed E-state index contributed by atoms with van der Waals surface area (Å²) in [7, 11) is 1.78. The Morgan fingerprint density at radius 3 is 2.80 bits per heavy atom. The molecule has 138 valence electrons. The Balaban J connectivity index is 3.12. The number of hydrogen-bond acceptors (Lipinski definition) is 4. The Hall–Kier alpha value is -1.98. The largest absolute Gasteiger partial charge is 0.390 e. The lowest BCUT2D eigenvalue weighted by Crippen LogP contribution is -2.49. The number of halogens is 1. The summed E-state index contributed by atoms with van der Waals surface area (Å²) in [6, 6.07) is -0.310. The van der Waals surface area contributed by atoms with Crippen LogP contribution >= 0.6 is 0 Å². The number of rotatable bonds is 10. The first-order valence-corrected chi connectivity index (χ1v) is 8.64. The maximum absolute atomic E-state index is 13.5. The van der Waals surface area contributed by atoms with Crippen LogP contribution in [0.3, 0.4) is 0 Å². The van der Waals surface area contributed by atoms with Gasteiger partial charge in [-0.1, -0.05) is 43.4 Å². The number of hydrogen-bond donors (Lipinski definition) is 3. The molecule has 0 heterocycles. The molecule has 2 unspecified atom stereocenters. The van der Waals surface area contributed by atoms with Crippen molar-refractivity contribution in [3.63, 3.8) is 0 Å². The van der Waals surface area contributed by atoms with Crippen molar-refractivity contribution in [3.05, 3.63) is 60.6 Å². The number of nitrogens with one attached hydrogen (secondary N) is 2. The number of likely N-dealkylation sites (N-methyl/N-ethyl adjacent to an activating group) is 1. The predicted octanol–water partition coefficient (Wildman–Crippen LogP) is 3.21. The molecule has 0 fully saturated rings. The van der Waals surface area contributed by atoms with Crippen molar-refractivity contribution in [2.45, 2.75) is 26.0 Å². The zero-order chi connectivity index (χ0) is 18.7. The van der Waals surface area contributed by atoms with E-state index >= 15 is 0 Å². The molecule has 0 aliphatic heterocycles. The molecule has 4 nitrogen and oxygen atoms in total. The molecule has 0 bridgehead atoms. The minimum atomic E-state index is -0.674. The second kappa shape index (κ2) is 11.6. The van der Waals surface area contributed by atoms with Crippen LogP contribution in [-0.2, 0) is 0 Å². The molecule has 0 aromatic carbocycles. The SMILES string of the molecule is C/C=C/C(C)/C=C\N(CC=N)C([C@H]1C=CC=C(F)C=C1)[C@H](O)CNC. The van der Waals surface area contributed by atoms with Gasteiger partial charge in [-0.2, -0.15) is 0 Å². The van der Waals surface area contributed by atoms with E-state index in [0.717, 1.165) is 0 Å². The summed E-state index contributed by atoms with van der Waals surface area (Å²) < 4.78 is 13.5. The molecule has 0 aromatic rings. The van der Waals surface area contributed by atoms with Crippen molar-refractivity contribution in [1.82, 2.24) is 10.2 Å². The Labute approximate surface area is 150 Å². The molecule has 1 aliphatic carbocycles. The van der Waals surface area contributed by atoms with Crippen molar-refractivity contribution in [3.8, 4) is 0 Å². The summed E-state index contributed by atoms with van der Waals surface area (Å²) >= 11 is 0. The predicted molar refractivity (Wildman–Crippen MR) is 103 cm³/mol.